The summed E-state index contributed by atoms with van der Waals surface area (Å²) in [4.78, 5) is 4.67. The lowest BCUT2D eigenvalue weighted by molar-refractivity contribution is 0.330. The van der Waals surface area contributed by atoms with Crippen LogP contribution < -0.4 is 10.1 Å². The number of methoxy groups -OCH3 is 1. The van der Waals surface area contributed by atoms with E-state index in [1.165, 1.54) is 36.8 Å². The Morgan fingerprint density at radius 1 is 1.30 bits per heavy atom. The molecule has 20 heavy (non-hydrogen) atoms. The molecule has 1 aromatic heterocycles. The second kappa shape index (κ2) is 6.00. The van der Waals surface area contributed by atoms with Gasteiger partial charge < -0.3 is 10.1 Å². The summed E-state index contributed by atoms with van der Waals surface area (Å²) in [6.07, 6.45) is 6.59. The van der Waals surface area contributed by atoms with E-state index in [1.807, 2.05) is 12.1 Å². The van der Waals surface area contributed by atoms with Crippen LogP contribution in [0, 0.1) is 5.92 Å². The summed E-state index contributed by atoms with van der Waals surface area (Å²) >= 11 is 1.72. The first-order valence-corrected chi connectivity index (χ1v) is 8.31. The lowest BCUT2D eigenvalue weighted by atomic mass is 9.85. The fourth-order valence-electron chi connectivity index (χ4n) is 2.98. The molecule has 0 saturated heterocycles. The molecule has 0 radical (unpaired) electrons. The molecule has 0 atom stereocenters. The lowest BCUT2D eigenvalue weighted by Gasteiger charge is -2.28. The molecule has 0 unspecified atom stereocenters. The number of ether oxygens (including phenoxy) is 1. The van der Waals surface area contributed by atoms with Gasteiger partial charge in [-0.05, 0) is 49.8 Å². The Balaban J connectivity index is 1.68. The van der Waals surface area contributed by atoms with Crippen LogP contribution in [0.4, 0.5) is 5.13 Å². The highest BCUT2D eigenvalue weighted by molar-refractivity contribution is 7.22. The quantitative estimate of drug-likeness (QED) is 0.887. The second-order valence-electron chi connectivity index (χ2n) is 5.62. The van der Waals surface area contributed by atoms with Crippen molar-refractivity contribution < 1.29 is 4.74 Å². The number of thiazole rings is 1. The minimum Gasteiger partial charge on any atom is -0.497 e. The first-order chi connectivity index (χ1) is 9.78. The molecule has 3 rings (SSSR count). The Morgan fingerprint density at radius 3 is 2.80 bits per heavy atom. The molecule has 3 nitrogen and oxygen atoms in total. The first-order valence-electron chi connectivity index (χ1n) is 7.49. The summed E-state index contributed by atoms with van der Waals surface area (Å²) in [5.41, 5.74) is 1.06. The molecule has 1 saturated carbocycles. The molecule has 1 fully saturated rings. The Morgan fingerprint density at radius 2 is 2.10 bits per heavy atom. The number of rotatable bonds is 4. The third-order valence-electron chi connectivity index (χ3n) is 4.35. The second-order valence-corrected chi connectivity index (χ2v) is 6.65. The summed E-state index contributed by atoms with van der Waals surface area (Å²) in [7, 11) is 1.70. The Labute approximate surface area is 124 Å². The van der Waals surface area contributed by atoms with E-state index in [0.29, 0.717) is 6.04 Å². The van der Waals surface area contributed by atoms with E-state index in [2.05, 4.69) is 23.3 Å². The molecule has 1 aliphatic rings. The van der Waals surface area contributed by atoms with Gasteiger partial charge in [-0.25, -0.2) is 4.98 Å². The van der Waals surface area contributed by atoms with Crippen LogP contribution in [0.1, 0.15) is 39.0 Å². The summed E-state index contributed by atoms with van der Waals surface area (Å²) in [6, 6.07) is 6.66. The van der Waals surface area contributed by atoms with Crippen LogP contribution >= 0.6 is 11.3 Å². The van der Waals surface area contributed by atoms with E-state index < -0.39 is 0 Å². The van der Waals surface area contributed by atoms with Gasteiger partial charge in [-0.15, -0.1) is 0 Å². The van der Waals surface area contributed by atoms with Crippen molar-refractivity contribution in [2.24, 2.45) is 5.92 Å². The number of anilines is 1. The Bertz CT molecular complexity index is 573. The van der Waals surface area contributed by atoms with Crippen molar-refractivity contribution in [3.63, 3.8) is 0 Å². The summed E-state index contributed by atoms with van der Waals surface area (Å²) in [5, 5.41) is 4.67. The predicted octanol–water partition coefficient (Wildman–Crippen LogP) is 4.69. The maximum atomic E-state index is 5.26. The zero-order valence-corrected chi connectivity index (χ0v) is 13.0. The number of aromatic nitrogens is 1. The van der Waals surface area contributed by atoms with E-state index in [0.717, 1.165) is 22.3 Å². The predicted molar refractivity (Wildman–Crippen MR) is 85.8 cm³/mol. The van der Waals surface area contributed by atoms with Crippen LogP contribution in [-0.4, -0.2) is 18.1 Å². The highest BCUT2D eigenvalue weighted by atomic mass is 32.1. The first kappa shape index (κ1) is 13.7. The van der Waals surface area contributed by atoms with Crippen molar-refractivity contribution in [2.75, 3.05) is 12.4 Å². The fraction of sp³-hybridized carbons (Fsp3) is 0.562. The number of nitrogens with one attached hydrogen (secondary N) is 1. The number of fused-ring (bicyclic) bond motifs is 1. The van der Waals surface area contributed by atoms with Gasteiger partial charge in [-0.3, -0.25) is 0 Å². The van der Waals surface area contributed by atoms with E-state index in [4.69, 9.17) is 4.74 Å². The molecular weight excluding hydrogens is 268 g/mol. The zero-order valence-electron chi connectivity index (χ0n) is 12.2. The van der Waals surface area contributed by atoms with Crippen LogP contribution in [0.3, 0.4) is 0 Å². The maximum Gasteiger partial charge on any atom is 0.184 e. The van der Waals surface area contributed by atoms with Crippen molar-refractivity contribution in [3.05, 3.63) is 18.2 Å². The molecule has 0 amide bonds. The van der Waals surface area contributed by atoms with Crippen LogP contribution in [0.2, 0.25) is 0 Å². The summed E-state index contributed by atoms with van der Waals surface area (Å²) < 4.78 is 6.45. The molecule has 0 bridgehead atoms. The molecule has 1 aromatic carbocycles. The van der Waals surface area contributed by atoms with Crippen LogP contribution in [0.5, 0.6) is 5.75 Å². The van der Waals surface area contributed by atoms with E-state index >= 15 is 0 Å². The number of benzene rings is 1. The summed E-state index contributed by atoms with van der Waals surface area (Å²) in [6.45, 7) is 2.30. The molecule has 0 spiro atoms. The molecule has 1 aliphatic carbocycles. The maximum absolute atomic E-state index is 5.26. The average Bonchev–Trinajstić information content (AvgIpc) is 2.89. The average molecular weight is 290 g/mol. The van der Waals surface area contributed by atoms with Gasteiger partial charge in [0.2, 0.25) is 0 Å². The molecule has 1 N–H and O–H groups in total. The largest absolute Gasteiger partial charge is 0.497 e. The van der Waals surface area contributed by atoms with Crippen molar-refractivity contribution in [1.29, 1.82) is 0 Å². The highest BCUT2D eigenvalue weighted by Gasteiger charge is 2.20. The Hall–Kier alpha value is -1.29. The van der Waals surface area contributed by atoms with E-state index in [9.17, 15) is 0 Å². The van der Waals surface area contributed by atoms with Crippen molar-refractivity contribution >= 4 is 26.7 Å². The molecule has 1 heterocycles. The topological polar surface area (TPSA) is 34.2 Å². The normalized spacial score (nSPS) is 22.9. The summed E-state index contributed by atoms with van der Waals surface area (Å²) in [5.74, 6) is 1.84. The van der Waals surface area contributed by atoms with Gasteiger partial charge in [0.25, 0.3) is 0 Å². The standard InChI is InChI=1S/C16H22N2OS/c1-3-11-4-6-12(7-5-11)17-16-18-14-9-8-13(19-2)10-15(14)20-16/h8-12H,3-7H2,1-2H3,(H,17,18). The monoisotopic (exact) mass is 290 g/mol. The minimum atomic E-state index is 0.597. The van der Waals surface area contributed by atoms with Gasteiger partial charge in [0, 0.05) is 6.04 Å². The third kappa shape index (κ3) is 2.90. The van der Waals surface area contributed by atoms with Gasteiger partial charge in [-0.1, -0.05) is 24.7 Å². The van der Waals surface area contributed by atoms with Crippen LogP contribution in [0.15, 0.2) is 18.2 Å². The molecule has 2 aromatic rings. The van der Waals surface area contributed by atoms with Crippen LogP contribution in [-0.2, 0) is 0 Å². The third-order valence-corrected chi connectivity index (χ3v) is 5.30. The van der Waals surface area contributed by atoms with Gasteiger partial charge >= 0.3 is 0 Å². The molecule has 108 valence electrons. The van der Waals surface area contributed by atoms with E-state index in [-0.39, 0.29) is 0 Å². The molecule has 4 heteroatoms. The van der Waals surface area contributed by atoms with Crippen molar-refractivity contribution in [2.45, 2.75) is 45.1 Å². The number of hydrogen-bond acceptors (Lipinski definition) is 4. The SMILES string of the molecule is CCC1CCC(Nc2nc3ccc(OC)cc3s2)CC1. The van der Waals surface area contributed by atoms with Gasteiger partial charge in [0.1, 0.15) is 5.75 Å². The van der Waals surface area contributed by atoms with Crippen LogP contribution in [0.25, 0.3) is 10.2 Å². The van der Waals surface area contributed by atoms with E-state index in [1.54, 1.807) is 18.4 Å². The van der Waals surface area contributed by atoms with Gasteiger partial charge in [0.15, 0.2) is 5.13 Å². The molecule has 0 aliphatic heterocycles. The lowest BCUT2D eigenvalue weighted by Crippen LogP contribution is -2.25. The molecular formula is C16H22N2OS. The smallest absolute Gasteiger partial charge is 0.184 e. The fourth-order valence-corrected chi connectivity index (χ4v) is 3.95. The van der Waals surface area contributed by atoms with Crippen molar-refractivity contribution in [3.8, 4) is 5.75 Å². The van der Waals surface area contributed by atoms with Gasteiger partial charge in [-0.2, -0.15) is 0 Å². The minimum absolute atomic E-state index is 0.597. The Kier molecular flexibility index (Phi) is 4.10. The highest BCUT2D eigenvalue weighted by Crippen LogP contribution is 2.32. The van der Waals surface area contributed by atoms with Crippen molar-refractivity contribution in [1.82, 2.24) is 4.98 Å². The number of nitrogens with zero attached hydrogens (tertiary/aromatic N) is 1. The zero-order chi connectivity index (χ0) is 13.9. The number of hydrogen-bond donors (Lipinski definition) is 1. The van der Waals surface area contributed by atoms with Gasteiger partial charge in [0.05, 0.1) is 17.3 Å².